The number of hydrogen-bond acceptors (Lipinski definition) is 3. The molecule has 0 fully saturated rings. The molecule has 0 unspecified atom stereocenters. The Hall–Kier alpha value is -1.91. The van der Waals surface area contributed by atoms with Crippen molar-refractivity contribution >= 4 is 10.9 Å². The number of nitrogens with zero attached hydrogens (tertiary/aromatic N) is 1. The molecule has 0 aliphatic rings. The predicted molar refractivity (Wildman–Crippen MR) is 91.3 cm³/mol. The molecule has 0 saturated heterocycles. The first-order valence-corrected chi connectivity index (χ1v) is 7.61. The maximum absolute atomic E-state index is 12.6. The van der Waals surface area contributed by atoms with Gasteiger partial charge in [-0.1, -0.05) is 17.7 Å². The molecule has 4 heteroatoms. The maximum Gasteiger partial charge on any atom is 0.255 e. The summed E-state index contributed by atoms with van der Waals surface area (Å²) in [6.45, 7) is 8.48. The fraction of sp³-hybridized carbons (Fsp3) is 0.389. The van der Waals surface area contributed by atoms with Crippen LogP contribution in [0, 0.1) is 6.92 Å². The fourth-order valence-corrected chi connectivity index (χ4v) is 2.57. The Morgan fingerprint density at radius 1 is 1.36 bits per heavy atom. The van der Waals surface area contributed by atoms with Crippen molar-refractivity contribution in [3.63, 3.8) is 0 Å². The first kappa shape index (κ1) is 16.5. The lowest BCUT2D eigenvalue weighted by Gasteiger charge is -2.12. The SMILES string of the molecule is C=CCn1c(=O)c(CNCCCOC)cc2cc(C)ccc21. The quantitative estimate of drug-likeness (QED) is 0.602. The smallest absolute Gasteiger partial charge is 0.255 e. The van der Waals surface area contributed by atoms with Crippen LogP contribution in [0.2, 0.25) is 0 Å². The molecule has 1 N–H and O–H groups in total. The molecule has 0 atom stereocenters. The summed E-state index contributed by atoms with van der Waals surface area (Å²) in [5.41, 5.74) is 2.99. The van der Waals surface area contributed by atoms with Crippen LogP contribution in [-0.4, -0.2) is 24.8 Å². The highest BCUT2D eigenvalue weighted by molar-refractivity contribution is 5.80. The normalized spacial score (nSPS) is 11.0. The molecule has 0 spiro atoms. The Bertz CT molecular complexity index is 704. The van der Waals surface area contributed by atoms with E-state index in [1.807, 2.05) is 18.2 Å². The highest BCUT2D eigenvalue weighted by Crippen LogP contribution is 2.16. The third kappa shape index (κ3) is 3.84. The van der Waals surface area contributed by atoms with E-state index >= 15 is 0 Å². The number of allylic oxidation sites excluding steroid dienone is 1. The van der Waals surface area contributed by atoms with Crippen LogP contribution in [0.3, 0.4) is 0 Å². The van der Waals surface area contributed by atoms with Gasteiger partial charge in [0.25, 0.3) is 5.56 Å². The summed E-state index contributed by atoms with van der Waals surface area (Å²) in [6, 6.07) is 8.14. The number of hydrogen-bond donors (Lipinski definition) is 1. The molecular formula is C18H24N2O2. The largest absolute Gasteiger partial charge is 0.385 e. The van der Waals surface area contributed by atoms with E-state index in [1.54, 1.807) is 17.8 Å². The van der Waals surface area contributed by atoms with Gasteiger partial charge in [-0.25, -0.2) is 0 Å². The number of ether oxygens (including phenoxy) is 1. The molecule has 0 bridgehead atoms. The molecule has 118 valence electrons. The molecule has 0 saturated carbocycles. The van der Waals surface area contributed by atoms with Crippen LogP contribution in [0.4, 0.5) is 0 Å². The number of rotatable bonds is 8. The second-order valence-electron chi connectivity index (χ2n) is 5.46. The van der Waals surface area contributed by atoms with E-state index in [4.69, 9.17) is 4.74 Å². The molecule has 0 aliphatic carbocycles. The van der Waals surface area contributed by atoms with E-state index in [-0.39, 0.29) is 5.56 Å². The zero-order valence-electron chi connectivity index (χ0n) is 13.4. The van der Waals surface area contributed by atoms with Crippen molar-refractivity contribution in [2.24, 2.45) is 0 Å². The fourth-order valence-electron chi connectivity index (χ4n) is 2.57. The third-order valence-corrected chi connectivity index (χ3v) is 3.65. The number of aryl methyl sites for hydroxylation is 1. The van der Waals surface area contributed by atoms with Gasteiger partial charge >= 0.3 is 0 Å². The highest BCUT2D eigenvalue weighted by Gasteiger charge is 2.08. The Labute approximate surface area is 131 Å². The van der Waals surface area contributed by atoms with Gasteiger partial charge in [-0.2, -0.15) is 0 Å². The van der Waals surface area contributed by atoms with E-state index in [2.05, 4.69) is 24.9 Å². The molecule has 1 aromatic carbocycles. The summed E-state index contributed by atoms with van der Waals surface area (Å²) in [7, 11) is 1.69. The standard InChI is InChI=1S/C18H24N2O2/c1-4-9-20-17-7-6-14(2)11-15(17)12-16(18(20)21)13-19-8-5-10-22-3/h4,6-7,11-12,19H,1,5,8-10,13H2,2-3H3. The summed E-state index contributed by atoms with van der Waals surface area (Å²) >= 11 is 0. The lowest BCUT2D eigenvalue weighted by molar-refractivity contribution is 0.194. The van der Waals surface area contributed by atoms with Gasteiger partial charge in [0, 0.05) is 32.4 Å². The van der Waals surface area contributed by atoms with Crippen LogP contribution in [-0.2, 0) is 17.8 Å². The summed E-state index contributed by atoms with van der Waals surface area (Å²) in [5, 5.41) is 4.40. The molecule has 4 nitrogen and oxygen atoms in total. The Balaban J connectivity index is 2.31. The maximum atomic E-state index is 12.6. The lowest BCUT2D eigenvalue weighted by Crippen LogP contribution is -2.28. The second-order valence-corrected chi connectivity index (χ2v) is 5.46. The number of aromatic nitrogens is 1. The lowest BCUT2D eigenvalue weighted by atomic mass is 10.1. The summed E-state index contributed by atoms with van der Waals surface area (Å²) in [4.78, 5) is 12.6. The van der Waals surface area contributed by atoms with Gasteiger partial charge in [-0.3, -0.25) is 4.79 Å². The minimum Gasteiger partial charge on any atom is -0.385 e. The van der Waals surface area contributed by atoms with Crippen LogP contribution in [0.15, 0.2) is 41.7 Å². The van der Waals surface area contributed by atoms with Crippen LogP contribution in [0.5, 0.6) is 0 Å². The van der Waals surface area contributed by atoms with Crippen molar-refractivity contribution in [1.82, 2.24) is 9.88 Å². The van der Waals surface area contributed by atoms with Crippen LogP contribution in [0.25, 0.3) is 10.9 Å². The number of fused-ring (bicyclic) bond motifs is 1. The number of methoxy groups -OCH3 is 1. The minimum absolute atomic E-state index is 0.0514. The Kier molecular flexibility index (Phi) is 5.92. The van der Waals surface area contributed by atoms with E-state index in [0.717, 1.165) is 36.0 Å². The van der Waals surface area contributed by atoms with Gasteiger partial charge in [0.15, 0.2) is 0 Å². The zero-order chi connectivity index (χ0) is 15.9. The summed E-state index contributed by atoms with van der Waals surface area (Å²) in [6.07, 6.45) is 2.69. The van der Waals surface area contributed by atoms with Crippen molar-refractivity contribution in [3.8, 4) is 0 Å². The van der Waals surface area contributed by atoms with Crippen molar-refractivity contribution in [3.05, 3.63) is 58.4 Å². The van der Waals surface area contributed by atoms with Crippen molar-refractivity contribution in [1.29, 1.82) is 0 Å². The van der Waals surface area contributed by atoms with E-state index in [9.17, 15) is 4.79 Å². The van der Waals surface area contributed by atoms with Crippen LogP contribution < -0.4 is 10.9 Å². The number of benzene rings is 1. The minimum atomic E-state index is 0.0514. The Morgan fingerprint density at radius 2 is 2.18 bits per heavy atom. The molecule has 1 aromatic heterocycles. The molecule has 2 rings (SSSR count). The van der Waals surface area contributed by atoms with Gasteiger partial charge in [-0.05, 0) is 43.5 Å². The van der Waals surface area contributed by atoms with E-state index in [0.29, 0.717) is 13.1 Å². The Morgan fingerprint density at radius 3 is 2.91 bits per heavy atom. The molecule has 0 amide bonds. The predicted octanol–water partition coefficient (Wildman–Crippen LogP) is 2.62. The van der Waals surface area contributed by atoms with Crippen molar-refractivity contribution in [2.75, 3.05) is 20.3 Å². The third-order valence-electron chi connectivity index (χ3n) is 3.65. The van der Waals surface area contributed by atoms with Gasteiger partial charge in [0.2, 0.25) is 0 Å². The highest BCUT2D eigenvalue weighted by atomic mass is 16.5. The first-order chi connectivity index (χ1) is 10.7. The molecule has 22 heavy (non-hydrogen) atoms. The van der Waals surface area contributed by atoms with Crippen molar-refractivity contribution < 1.29 is 4.74 Å². The van der Waals surface area contributed by atoms with Crippen molar-refractivity contribution in [2.45, 2.75) is 26.4 Å². The zero-order valence-corrected chi connectivity index (χ0v) is 13.4. The summed E-state index contributed by atoms with van der Waals surface area (Å²) in [5.74, 6) is 0. The molecular weight excluding hydrogens is 276 g/mol. The molecule has 2 aromatic rings. The number of pyridine rings is 1. The van der Waals surface area contributed by atoms with Gasteiger partial charge < -0.3 is 14.6 Å². The van der Waals surface area contributed by atoms with Crippen LogP contribution >= 0.6 is 0 Å². The van der Waals surface area contributed by atoms with Gasteiger partial charge in [0.1, 0.15) is 0 Å². The van der Waals surface area contributed by atoms with Gasteiger partial charge in [-0.15, -0.1) is 6.58 Å². The molecule has 0 aliphatic heterocycles. The number of nitrogens with one attached hydrogen (secondary N) is 1. The average molecular weight is 300 g/mol. The van der Waals surface area contributed by atoms with E-state index in [1.165, 1.54) is 5.56 Å². The molecule has 0 radical (unpaired) electrons. The second kappa shape index (κ2) is 7.92. The first-order valence-electron chi connectivity index (χ1n) is 7.61. The average Bonchev–Trinajstić information content (AvgIpc) is 2.50. The monoisotopic (exact) mass is 300 g/mol. The molecule has 1 heterocycles. The van der Waals surface area contributed by atoms with Gasteiger partial charge in [0.05, 0.1) is 5.52 Å². The topological polar surface area (TPSA) is 43.3 Å². The van der Waals surface area contributed by atoms with Crippen LogP contribution in [0.1, 0.15) is 17.5 Å². The summed E-state index contributed by atoms with van der Waals surface area (Å²) < 4.78 is 6.81. The van der Waals surface area contributed by atoms with E-state index < -0.39 is 0 Å².